The molecule has 0 aliphatic heterocycles. The van der Waals surface area contributed by atoms with Gasteiger partial charge in [0.2, 0.25) is 0 Å². The molecule has 4 aromatic carbocycles. The van der Waals surface area contributed by atoms with Crippen LogP contribution >= 0.6 is 15.9 Å². The van der Waals surface area contributed by atoms with Gasteiger partial charge in [0, 0.05) is 21.3 Å². The van der Waals surface area contributed by atoms with Crippen molar-refractivity contribution in [2.24, 2.45) is 5.10 Å². The normalized spacial score (nSPS) is 11.1. The average molecular weight is 534 g/mol. The Morgan fingerprint density at radius 3 is 2.08 bits per heavy atom. The highest BCUT2D eigenvalue weighted by molar-refractivity contribution is 9.10. The van der Waals surface area contributed by atoms with Crippen LogP contribution in [-0.4, -0.2) is 16.7 Å². The standard InChI is InChI=1S/C31H24BrN3O/c1-22-10-8-9-15-28(22)31(36)34-33-21-25-20-29(23-11-4-2-5-12-23)35(27-18-16-26(32)17-19-27)30(25)24-13-6-3-7-14-24/h2-21H,1H3,(H,34,36)/b33-21+. The molecule has 1 heterocycles. The molecule has 0 bridgehead atoms. The largest absolute Gasteiger partial charge is 0.309 e. The molecule has 0 saturated heterocycles. The van der Waals surface area contributed by atoms with Crippen molar-refractivity contribution >= 4 is 28.1 Å². The summed E-state index contributed by atoms with van der Waals surface area (Å²) >= 11 is 3.55. The number of nitrogens with one attached hydrogen (secondary N) is 1. The van der Waals surface area contributed by atoms with Crippen LogP contribution < -0.4 is 5.43 Å². The van der Waals surface area contributed by atoms with Gasteiger partial charge in [-0.2, -0.15) is 5.10 Å². The van der Waals surface area contributed by atoms with E-state index in [1.165, 1.54) is 0 Å². The Morgan fingerprint density at radius 1 is 0.806 bits per heavy atom. The molecular formula is C31H24BrN3O. The van der Waals surface area contributed by atoms with Crippen molar-refractivity contribution in [2.45, 2.75) is 6.92 Å². The lowest BCUT2D eigenvalue weighted by molar-refractivity contribution is 0.0954. The van der Waals surface area contributed by atoms with Crippen LogP contribution in [0.2, 0.25) is 0 Å². The fourth-order valence-electron chi connectivity index (χ4n) is 4.25. The Bertz CT molecular complexity index is 1520. The number of aryl methyl sites for hydroxylation is 1. The summed E-state index contributed by atoms with van der Waals surface area (Å²) in [5.41, 5.74) is 10.3. The highest BCUT2D eigenvalue weighted by atomic mass is 79.9. The number of aromatic nitrogens is 1. The molecule has 5 heteroatoms. The van der Waals surface area contributed by atoms with Gasteiger partial charge in [-0.25, -0.2) is 5.43 Å². The zero-order valence-electron chi connectivity index (χ0n) is 19.7. The van der Waals surface area contributed by atoms with Crippen LogP contribution in [0.4, 0.5) is 0 Å². The Labute approximate surface area is 219 Å². The fourth-order valence-corrected chi connectivity index (χ4v) is 4.51. The van der Waals surface area contributed by atoms with E-state index in [1.807, 2.05) is 73.7 Å². The van der Waals surface area contributed by atoms with E-state index in [0.29, 0.717) is 5.56 Å². The summed E-state index contributed by atoms with van der Waals surface area (Å²) in [6, 6.07) is 38.3. The molecule has 176 valence electrons. The third-order valence-corrected chi connectivity index (χ3v) is 6.52. The van der Waals surface area contributed by atoms with Crippen LogP contribution in [0.25, 0.3) is 28.2 Å². The number of carbonyl (C=O) groups excluding carboxylic acids is 1. The van der Waals surface area contributed by atoms with Gasteiger partial charge in [-0.15, -0.1) is 0 Å². The molecule has 4 nitrogen and oxygen atoms in total. The fraction of sp³-hybridized carbons (Fsp3) is 0.0323. The summed E-state index contributed by atoms with van der Waals surface area (Å²) in [4.78, 5) is 12.7. The first-order chi connectivity index (χ1) is 17.6. The van der Waals surface area contributed by atoms with Gasteiger partial charge < -0.3 is 4.57 Å². The van der Waals surface area contributed by atoms with Crippen LogP contribution in [0.15, 0.2) is 125 Å². The summed E-state index contributed by atoms with van der Waals surface area (Å²) < 4.78 is 3.25. The molecule has 36 heavy (non-hydrogen) atoms. The van der Waals surface area contributed by atoms with Gasteiger partial charge in [-0.3, -0.25) is 4.79 Å². The number of halogens is 1. The Hall–Kier alpha value is -4.22. The molecule has 1 N–H and O–H groups in total. The highest BCUT2D eigenvalue weighted by Crippen LogP contribution is 2.35. The van der Waals surface area contributed by atoms with Crippen LogP contribution in [0.3, 0.4) is 0 Å². The van der Waals surface area contributed by atoms with Crippen molar-refractivity contribution < 1.29 is 4.79 Å². The molecular weight excluding hydrogens is 510 g/mol. The summed E-state index contributed by atoms with van der Waals surface area (Å²) in [5, 5.41) is 4.36. The molecule has 0 unspecified atom stereocenters. The van der Waals surface area contributed by atoms with Gasteiger partial charge in [0.05, 0.1) is 17.6 Å². The van der Waals surface area contributed by atoms with Crippen molar-refractivity contribution in [3.05, 3.63) is 136 Å². The predicted molar refractivity (Wildman–Crippen MR) is 151 cm³/mol. The lowest BCUT2D eigenvalue weighted by Gasteiger charge is -2.15. The van der Waals surface area contributed by atoms with E-state index in [1.54, 1.807) is 12.3 Å². The number of benzene rings is 4. The minimum absolute atomic E-state index is 0.235. The molecule has 1 aromatic heterocycles. The molecule has 1 amide bonds. The van der Waals surface area contributed by atoms with Crippen molar-refractivity contribution in [3.63, 3.8) is 0 Å². The van der Waals surface area contributed by atoms with Crippen LogP contribution in [0, 0.1) is 6.92 Å². The van der Waals surface area contributed by atoms with E-state index < -0.39 is 0 Å². The maximum Gasteiger partial charge on any atom is 0.271 e. The van der Waals surface area contributed by atoms with Crippen molar-refractivity contribution in [2.75, 3.05) is 0 Å². The lowest BCUT2D eigenvalue weighted by atomic mass is 10.1. The van der Waals surface area contributed by atoms with Gasteiger partial charge in [-0.05, 0) is 60.0 Å². The quantitative estimate of drug-likeness (QED) is 0.177. The topological polar surface area (TPSA) is 46.4 Å². The Morgan fingerprint density at radius 2 is 1.42 bits per heavy atom. The number of carbonyl (C=O) groups is 1. The van der Waals surface area contributed by atoms with E-state index in [4.69, 9.17) is 0 Å². The van der Waals surface area contributed by atoms with E-state index >= 15 is 0 Å². The van der Waals surface area contributed by atoms with Gasteiger partial charge in [-0.1, -0.05) is 94.8 Å². The molecule has 0 saturated carbocycles. The van der Waals surface area contributed by atoms with Gasteiger partial charge >= 0.3 is 0 Å². The van der Waals surface area contributed by atoms with E-state index in [-0.39, 0.29) is 5.91 Å². The number of hydrogen-bond donors (Lipinski definition) is 1. The summed E-state index contributed by atoms with van der Waals surface area (Å²) in [5.74, 6) is -0.235. The zero-order valence-corrected chi connectivity index (χ0v) is 21.3. The van der Waals surface area contributed by atoms with Crippen LogP contribution in [0.5, 0.6) is 0 Å². The van der Waals surface area contributed by atoms with Crippen molar-refractivity contribution in [1.82, 2.24) is 9.99 Å². The molecule has 0 spiro atoms. The first kappa shape index (κ1) is 23.5. The van der Waals surface area contributed by atoms with Gasteiger partial charge in [0.15, 0.2) is 0 Å². The minimum Gasteiger partial charge on any atom is -0.309 e. The van der Waals surface area contributed by atoms with Crippen LogP contribution in [-0.2, 0) is 0 Å². The SMILES string of the molecule is Cc1ccccc1C(=O)N/N=C/c1cc(-c2ccccc2)n(-c2ccc(Br)cc2)c1-c1ccccc1. The summed E-state index contributed by atoms with van der Waals surface area (Å²) in [6.45, 7) is 1.91. The summed E-state index contributed by atoms with van der Waals surface area (Å²) in [6.07, 6.45) is 1.72. The minimum atomic E-state index is -0.235. The number of hydrazone groups is 1. The highest BCUT2D eigenvalue weighted by Gasteiger charge is 2.19. The molecule has 0 radical (unpaired) electrons. The number of nitrogens with zero attached hydrogens (tertiary/aromatic N) is 2. The Kier molecular flexibility index (Phi) is 6.92. The maximum absolute atomic E-state index is 12.7. The van der Waals surface area contributed by atoms with E-state index in [2.05, 4.69) is 73.5 Å². The number of amides is 1. The van der Waals surface area contributed by atoms with Crippen molar-refractivity contribution in [3.8, 4) is 28.2 Å². The summed E-state index contributed by atoms with van der Waals surface area (Å²) in [7, 11) is 0. The van der Waals surface area contributed by atoms with E-state index in [0.717, 1.165) is 43.8 Å². The maximum atomic E-state index is 12.7. The average Bonchev–Trinajstić information content (AvgIpc) is 3.29. The third-order valence-electron chi connectivity index (χ3n) is 5.99. The molecule has 0 aliphatic rings. The molecule has 0 aliphatic carbocycles. The van der Waals surface area contributed by atoms with Crippen LogP contribution in [0.1, 0.15) is 21.5 Å². The molecule has 0 fully saturated rings. The molecule has 0 atom stereocenters. The second-order valence-corrected chi connectivity index (χ2v) is 9.31. The van der Waals surface area contributed by atoms with E-state index in [9.17, 15) is 4.79 Å². The van der Waals surface area contributed by atoms with Crippen molar-refractivity contribution in [1.29, 1.82) is 0 Å². The number of rotatable bonds is 6. The second kappa shape index (κ2) is 10.6. The molecule has 5 aromatic rings. The lowest BCUT2D eigenvalue weighted by Crippen LogP contribution is -2.18. The zero-order chi connectivity index (χ0) is 24.9. The van der Waals surface area contributed by atoms with Gasteiger partial charge in [0.1, 0.15) is 0 Å². The monoisotopic (exact) mass is 533 g/mol. The third kappa shape index (κ3) is 4.92. The molecule has 5 rings (SSSR count). The smallest absolute Gasteiger partial charge is 0.271 e. The van der Waals surface area contributed by atoms with Gasteiger partial charge in [0.25, 0.3) is 5.91 Å². The number of hydrogen-bond acceptors (Lipinski definition) is 2. The first-order valence-electron chi connectivity index (χ1n) is 11.6. The predicted octanol–water partition coefficient (Wildman–Crippen LogP) is 7.65. The Balaban J connectivity index is 1.64. The first-order valence-corrected chi connectivity index (χ1v) is 12.4. The second-order valence-electron chi connectivity index (χ2n) is 8.39.